The van der Waals surface area contributed by atoms with Gasteiger partial charge in [-0.1, -0.05) is 19.4 Å². The molecule has 0 radical (unpaired) electrons. The summed E-state index contributed by atoms with van der Waals surface area (Å²) in [7, 11) is 0.939. The lowest BCUT2D eigenvalue weighted by molar-refractivity contribution is -0.657. The number of benzene rings is 1. The van der Waals surface area contributed by atoms with Crippen LogP contribution in [0.2, 0.25) is 0 Å². The molecule has 0 amide bonds. The molecule has 0 aliphatic carbocycles. The third-order valence-corrected chi connectivity index (χ3v) is 3.04. The van der Waals surface area contributed by atoms with Crippen molar-refractivity contribution in [2.24, 2.45) is 0 Å². The fraction of sp³-hybridized carbons (Fsp3) is 0.455. The van der Waals surface area contributed by atoms with Crippen molar-refractivity contribution in [2.75, 3.05) is 18.7 Å². The van der Waals surface area contributed by atoms with Gasteiger partial charge in [-0.05, 0) is 12.5 Å². The number of hydrazine groups is 2. The predicted octanol–water partition coefficient (Wildman–Crippen LogP) is 1.78. The molecule has 138 valence electrons. The lowest BCUT2D eigenvalue weighted by Gasteiger charge is -2.17. The highest BCUT2D eigenvalue weighted by Crippen LogP contribution is 2.35. The zero-order chi connectivity index (χ0) is 18.6. The average Bonchev–Trinajstić information content (AvgIpc) is 2.50. The molecule has 0 spiro atoms. The molecule has 0 aromatic heterocycles. The SMILES string of the molecule is C.CCc1cc(N(CN(C)[N+](=O)[O-])[N+](=O)[O-])c([N+](=O)[O-])cc1[N+](=O)[O-]. The molecule has 14 nitrogen and oxygen atoms in total. The molecule has 1 rings (SSSR count). The van der Waals surface area contributed by atoms with Crippen LogP contribution in [0.15, 0.2) is 12.1 Å². The van der Waals surface area contributed by atoms with Crippen molar-refractivity contribution in [1.29, 1.82) is 0 Å². The molecule has 0 bridgehead atoms. The van der Waals surface area contributed by atoms with Crippen LogP contribution < -0.4 is 5.01 Å². The van der Waals surface area contributed by atoms with Gasteiger partial charge in [0, 0.05) is 5.56 Å². The number of rotatable bonds is 8. The third-order valence-electron chi connectivity index (χ3n) is 3.04. The fourth-order valence-electron chi connectivity index (χ4n) is 1.88. The van der Waals surface area contributed by atoms with Crippen LogP contribution in [0.3, 0.4) is 0 Å². The molecule has 0 heterocycles. The van der Waals surface area contributed by atoms with E-state index in [4.69, 9.17) is 0 Å². The molecule has 1 aromatic rings. The first kappa shape index (κ1) is 21.4. The number of aryl methyl sites for hydroxylation is 1. The van der Waals surface area contributed by atoms with Crippen molar-refractivity contribution in [3.63, 3.8) is 0 Å². The lowest BCUT2D eigenvalue weighted by Crippen LogP contribution is -2.42. The Bertz CT molecular complexity index is 708. The molecule has 0 unspecified atom stereocenters. The molecule has 0 aliphatic rings. The standard InChI is InChI=1S/C10H12N6O8.CH4/c1-3-7-4-9(10(14(19)20)5-8(7)13(17)18)12(16(23)24)6-11(2)15(21)22;/h4-5H,3,6H2,1-2H3;1H4. The molecule has 0 aliphatic heterocycles. The van der Waals surface area contributed by atoms with Gasteiger partial charge in [-0.3, -0.25) is 20.2 Å². The summed E-state index contributed by atoms with van der Waals surface area (Å²) in [6, 6.07) is 1.53. The monoisotopic (exact) mass is 360 g/mol. The summed E-state index contributed by atoms with van der Waals surface area (Å²) in [4.78, 5) is 42.1. The van der Waals surface area contributed by atoms with Gasteiger partial charge in [-0.15, -0.1) is 5.01 Å². The second-order valence-electron chi connectivity index (χ2n) is 4.51. The van der Waals surface area contributed by atoms with E-state index in [0.29, 0.717) is 11.1 Å². The number of nitro groups is 4. The van der Waals surface area contributed by atoms with Crippen molar-refractivity contribution >= 4 is 17.1 Å². The minimum atomic E-state index is -1.06. The Hall–Kier alpha value is -3.58. The lowest BCUT2D eigenvalue weighted by atomic mass is 10.1. The van der Waals surface area contributed by atoms with E-state index in [1.54, 1.807) is 0 Å². The van der Waals surface area contributed by atoms with Crippen LogP contribution in [0, 0.1) is 40.5 Å². The van der Waals surface area contributed by atoms with E-state index in [9.17, 15) is 40.5 Å². The van der Waals surface area contributed by atoms with E-state index in [1.807, 2.05) is 0 Å². The Labute approximate surface area is 140 Å². The topological polar surface area (TPSA) is 179 Å². The summed E-state index contributed by atoms with van der Waals surface area (Å²) in [5, 5.41) is 42.4. The summed E-state index contributed by atoms with van der Waals surface area (Å²) in [5.74, 6) is 0. The minimum absolute atomic E-state index is 0. The zero-order valence-corrected chi connectivity index (χ0v) is 12.5. The van der Waals surface area contributed by atoms with E-state index in [1.165, 1.54) is 6.92 Å². The molecular weight excluding hydrogens is 344 g/mol. The first-order chi connectivity index (χ1) is 11.1. The molecule has 0 fully saturated rings. The Morgan fingerprint density at radius 3 is 1.80 bits per heavy atom. The fourth-order valence-corrected chi connectivity index (χ4v) is 1.88. The number of hydrogen-bond donors (Lipinski definition) is 0. The van der Waals surface area contributed by atoms with Crippen LogP contribution in [-0.2, 0) is 6.42 Å². The largest absolute Gasteiger partial charge is 0.305 e. The van der Waals surface area contributed by atoms with Crippen molar-refractivity contribution in [3.05, 3.63) is 58.2 Å². The maximum Gasteiger partial charge on any atom is 0.305 e. The van der Waals surface area contributed by atoms with Crippen LogP contribution in [0.4, 0.5) is 17.1 Å². The Balaban J connectivity index is 0.00000576. The van der Waals surface area contributed by atoms with Gasteiger partial charge in [0.05, 0.1) is 23.0 Å². The van der Waals surface area contributed by atoms with E-state index in [-0.39, 0.29) is 24.4 Å². The predicted molar refractivity (Wildman–Crippen MR) is 85.0 cm³/mol. The highest BCUT2D eigenvalue weighted by atomic mass is 16.7. The van der Waals surface area contributed by atoms with Gasteiger partial charge in [0.2, 0.25) is 6.67 Å². The van der Waals surface area contributed by atoms with Crippen LogP contribution in [0.5, 0.6) is 0 Å². The maximum atomic E-state index is 11.2. The van der Waals surface area contributed by atoms with Crippen LogP contribution in [0.1, 0.15) is 19.9 Å². The third kappa shape index (κ3) is 4.69. The Morgan fingerprint density at radius 1 is 0.920 bits per heavy atom. The number of nitrogens with zero attached hydrogens (tertiary/aromatic N) is 6. The van der Waals surface area contributed by atoms with E-state index in [2.05, 4.69) is 0 Å². The van der Waals surface area contributed by atoms with Gasteiger partial charge in [-0.2, -0.15) is 0 Å². The summed E-state index contributed by atoms with van der Waals surface area (Å²) in [5.41, 5.74) is -2.01. The van der Waals surface area contributed by atoms with Gasteiger partial charge in [0.1, 0.15) is 0 Å². The number of hydrogen-bond acceptors (Lipinski definition) is 8. The van der Waals surface area contributed by atoms with E-state index >= 15 is 0 Å². The molecular formula is C11H16N6O8. The highest BCUT2D eigenvalue weighted by Gasteiger charge is 2.34. The number of nitro benzene ring substituents is 2. The highest BCUT2D eigenvalue weighted by molar-refractivity contribution is 5.68. The van der Waals surface area contributed by atoms with E-state index < -0.39 is 43.6 Å². The summed E-state index contributed by atoms with van der Waals surface area (Å²) in [6.45, 7) is 0.624. The zero-order valence-electron chi connectivity index (χ0n) is 12.5. The van der Waals surface area contributed by atoms with E-state index in [0.717, 1.165) is 13.1 Å². The maximum absolute atomic E-state index is 11.2. The minimum Gasteiger partial charge on any atom is -0.258 e. The molecule has 1 aromatic carbocycles. The van der Waals surface area contributed by atoms with Gasteiger partial charge >= 0.3 is 5.69 Å². The molecule has 14 heteroatoms. The molecule has 0 atom stereocenters. The van der Waals surface area contributed by atoms with Crippen LogP contribution in [-0.4, -0.2) is 38.6 Å². The summed E-state index contributed by atoms with van der Waals surface area (Å²) >= 11 is 0. The molecule has 25 heavy (non-hydrogen) atoms. The quantitative estimate of drug-likeness (QED) is 0.376. The van der Waals surface area contributed by atoms with Gasteiger partial charge in [0.25, 0.3) is 5.69 Å². The first-order valence-corrected chi connectivity index (χ1v) is 6.33. The van der Waals surface area contributed by atoms with Crippen molar-refractivity contribution in [1.82, 2.24) is 5.01 Å². The van der Waals surface area contributed by atoms with Gasteiger partial charge in [0.15, 0.2) is 15.8 Å². The second kappa shape index (κ2) is 8.32. The average molecular weight is 360 g/mol. The summed E-state index contributed by atoms with van der Waals surface area (Å²) in [6.07, 6.45) is 0.0813. The summed E-state index contributed by atoms with van der Waals surface area (Å²) < 4.78 is 0. The van der Waals surface area contributed by atoms with Crippen molar-refractivity contribution in [2.45, 2.75) is 20.8 Å². The first-order valence-electron chi connectivity index (χ1n) is 6.33. The van der Waals surface area contributed by atoms with Gasteiger partial charge < -0.3 is 0 Å². The number of anilines is 1. The molecule has 0 saturated heterocycles. The van der Waals surface area contributed by atoms with Gasteiger partial charge in [-0.25, -0.2) is 20.2 Å². The second-order valence-corrected chi connectivity index (χ2v) is 4.51. The van der Waals surface area contributed by atoms with Crippen molar-refractivity contribution in [3.8, 4) is 0 Å². The van der Waals surface area contributed by atoms with Crippen LogP contribution in [0.25, 0.3) is 0 Å². The Morgan fingerprint density at radius 2 is 1.44 bits per heavy atom. The molecule has 0 N–H and O–H groups in total. The normalized spacial score (nSPS) is 9.68. The smallest absolute Gasteiger partial charge is 0.258 e. The van der Waals surface area contributed by atoms with Crippen LogP contribution >= 0.6 is 0 Å². The Kier molecular flexibility index (Phi) is 7.13. The van der Waals surface area contributed by atoms with Crippen molar-refractivity contribution < 1.29 is 19.9 Å². The molecule has 0 saturated carbocycles.